The Morgan fingerprint density at radius 2 is 1.86 bits per heavy atom. The van der Waals surface area contributed by atoms with Gasteiger partial charge in [-0.05, 0) is 49.3 Å². The van der Waals surface area contributed by atoms with E-state index in [1.165, 1.54) is 18.4 Å². The van der Waals surface area contributed by atoms with Gasteiger partial charge in [-0.25, -0.2) is 17.2 Å². The van der Waals surface area contributed by atoms with Gasteiger partial charge in [-0.2, -0.15) is 0 Å². The van der Waals surface area contributed by atoms with Crippen LogP contribution in [0.1, 0.15) is 31.2 Å². The molecule has 6 heteroatoms. The number of sulfone groups is 1. The predicted octanol–water partition coefficient (Wildman–Crippen LogP) is 2.44. The molecule has 0 aromatic heterocycles. The second-order valence-electron chi connectivity index (χ2n) is 6.02. The summed E-state index contributed by atoms with van der Waals surface area (Å²) >= 11 is 0. The fourth-order valence-corrected chi connectivity index (χ4v) is 4.32. The van der Waals surface area contributed by atoms with Crippen LogP contribution < -0.4 is 5.73 Å². The van der Waals surface area contributed by atoms with Crippen LogP contribution in [0.3, 0.4) is 0 Å². The lowest BCUT2D eigenvalue weighted by atomic mass is 9.82. The molecule has 0 amide bonds. The lowest BCUT2D eigenvalue weighted by molar-refractivity contribution is 0.303. The largest absolute Gasteiger partial charge is 0.327 e. The molecule has 2 rings (SSSR count). The summed E-state index contributed by atoms with van der Waals surface area (Å²) in [5, 5.41) is -0.341. The van der Waals surface area contributed by atoms with Crippen LogP contribution in [-0.4, -0.2) is 26.0 Å². The van der Waals surface area contributed by atoms with E-state index < -0.39 is 21.5 Å². The molecule has 3 atom stereocenters. The molecule has 1 saturated carbocycles. The molecule has 1 aromatic rings. The molecule has 0 bridgehead atoms. The molecule has 0 radical (unpaired) electrons. The Morgan fingerprint density at radius 3 is 2.43 bits per heavy atom. The molecule has 1 aromatic carbocycles. The SMILES string of the molecule is CS(=O)(=O)C1CCCC(C(N)Cc2cc(F)cc(F)c2)C1. The third-order valence-electron chi connectivity index (χ3n) is 4.27. The number of hydrogen-bond acceptors (Lipinski definition) is 3. The van der Waals surface area contributed by atoms with Gasteiger partial charge in [0.05, 0.1) is 5.25 Å². The zero-order chi connectivity index (χ0) is 15.6. The smallest absolute Gasteiger partial charge is 0.150 e. The Bertz CT molecular complexity index is 583. The highest BCUT2D eigenvalue weighted by molar-refractivity contribution is 7.91. The first kappa shape index (κ1) is 16.4. The maximum atomic E-state index is 13.2. The van der Waals surface area contributed by atoms with E-state index >= 15 is 0 Å². The van der Waals surface area contributed by atoms with Gasteiger partial charge in [0.25, 0.3) is 0 Å². The first-order valence-corrected chi connectivity index (χ1v) is 9.10. The van der Waals surface area contributed by atoms with Gasteiger partial charge in [0.2, 0.25) is 0 Å². The topological polar surface area (TPSA) is 60.2 Å². The normalized spacial score (nSPS) is 24.8. The fourth-order valence-electron chi connectivity index (χ4n) is 3.13. The molecule has 21 heavy (non-hydrogen) atoms. The van der Waals surface area contributed by atoms with E-state index in [1.807, 2.05) is 0 Å². The maximum absolute atomic E-state index is 13.2. The van der Waals surface area contributed by atoms with Crippen molar-refractivity contribution in [2.24, 2.45) is 11.7 Å². The molecule has 0 heterocycles. The predicted molar refractivity (Wildman–Crippen MR) is 78.6 cm³/mol. The van der Waals surface area contributed by atoms with Crippen molar-refractivity contribution in [2.45, 2.75) is 43.4 Å². The monoisotopic (exact) mass is 317 g/mol. The van der Waals surface area contributed by atoms with Crippen LogP contribution in [-0.2, 0) is 16.3 Å². The van der Waals surface area contributed by atoms with Crippen molar-refractivity contribution in [2.75, 3.05) is 6.26 Å². The quantitative estimate of drug-likeness (QED) is 0.928. The van der Waals surface area contributed by atoms with Gasteiger partial charge in [0.15, 0.2) is 0 Å². The van der Waals surface area contributed by atoms with E-state index in [4.69, 9.17) is 5.73 Å². The van der Waals surface area contributed by atoms with Crippen LogP contribution in [0, 0.1) is 17.6 Å². The van der Waals surface area contributed by atoms with Crippen molar-refractivity contribution >= 4 is 9.84 Å². The minimum absolute atomic E-state index is 0.0739. The van der Waals surface area contributed by atoms with Crippen molar-refractivity contribution in [3.63, 3.8) is 0 Å². The lowest BCUT2D eigenvalue weighted by Crippen LogP contribution is -2.38. The Kier molecular flexibility index (Phi) is 4.99. The van der Waals surface area contributed by atoms with Crippen LogP contribution in [0.4, 0.5) is 8.78 Å². The van der Waals surface area contributed by atoms with Gasteiger partial charge in [-0.15, -0.1) is 0 Å². The average Bonchev–Trinajstić information content (AvgIpc) is 2.36. The summed E-state index contributed by atoms with van der Waals surface area (Å²) < 4.78 is 49.7. The second-order valence-corrected chi connectivity index (χ2v) is 8.35. The van der Waals surface area contributed by atoms with Crippen molar-refractivity contribution in [1.29, 1.82) is 0 Å². The second kappa shape index (κ2) is 6.40. The molecule has 3 unspecified atom stereocenters. The zero-order valence-corrected chi connectivity index (χ0v) is 12.9. The summed E-state index contributed by atoms with van der Waals surface area (Å²) in [7, 11) is -3.05. The summed E-state index contributed by atoms with van der Waals surface area (Å²) in [5.74, 6) is -1.16. The fraction of sp³-hybridized carbons (Fsp3) is 0.600. The first-order valence-electron chi connectivity index (χ1n) is 7.15. The minimum atomic E-state index is -3.05. The van der Waals surface area contributed by atoms with Gasteiger partial charge in [-0.3, -0.25) is 0 Å². The highest BCUT2D eigenvalue weighted by atomic mass is 32.2. The molecular formula is C15H21F2NO2S. The number of benzene rings is 1. The van der Waals surface area contributed by atoms with Crippen molar-refractivity contribution in [1.82, 2.24) is 0 Å². The standard InChI is InChI=1S/C15H21F2NO2S/c1-21(19,20)14-4-2-3-11(8-14)15(18)7-10-5-12(16)9-13(17)6-10/h5-6,9,11,14-15H,2-4,7-8,18H2,1H3. The zero-order valence-electron chi connectivity index (χ0n) is 12.1. The minimum Gasteiger partial charge on any atom is -0.327 e. The molecule has 1 aliphatic rings. The summed E-state index contributed by atoms with van der Waals surface area (Å²) in [5.41, 5.74) is 6.66. The molecule has 0 saturated heterocycles. The maximum Gasteiger partial charge on any atom is 0.150 e. The van der Waals surface area contributed by atoms with Crippen molar-refractivity contribution in [3.05, 3.63) is 35.4 Å². The molecule has 1 aliphatic carbocycles. The highest BCUT2D eigenvalue weighted by Crippen LogP contribution is 2.31. The van der Waals surface area contributed by atoms with Gasteiger partial charge < -0.3 is 5.73 Å². The Balaban J connectivity index is 2.04. The molecule has 0 aliphatic heterocycles. The van der Waals surface area contributed by atoms with Crippen LogP contribution in [0.15, 0.2) is 18.2 Å². The van der Waals surface area contributed by atoms with E-state index in [0.29, 0.717) is 24.8 Å². The van der Waals surface area contributed by atoms with Crippen LogP contribution in [0.5, 0.6) is 0 Å². The summed E-state index contributed by atoms with van der Waals surface area (Å²) in [6, 6.07) is 3.10. The number of rotatable bonds is 4. The Labute approximate surface area is 124 Å². The van der Waals surface area contributed by atoms with Gasteiger partial charge >= 0.3 is 0 Å². The molecule has 118 valence electrons. The highest BCUT2D eigenvalue weighted by Gasteiger charge is 2.31. The third kappa shape index (κ3) is 4.48. The third-order valence-corrected chi connectivity index (χ3v) is 5.91. The van der Waals surface area contributed by atoms with E-state index in [-0.39, 0.29) is 17.2 Å². The van der Waals surface area contributed by atoms with E-state index in [9.17, 15) is 17.2 Å². The van der Waals surface area contributed by atoms with Gasteiger partial charge in [-0.1, -0.05) is 6.42 Å². The van der Waals surface area contributed by atoms with Crippen LogP contribution >= 0.6 is 0 Å². The lowest BCUT2D eigenvalue weighted by Gasteiger charge is -2.32. The summed E-state index contributed by atoms with van der Waals surface area (Å²) in [6.07, 6.45) is 4.52. The summed E-state index contributed by atoms with van der Waals surface area (Å²) in [6.45, 7) is 0. The average molecular weight is 317 g/mol. The summed E-state index contributed by atoms with van der Waals surface area (Å²) in [4.78, 5) is 0. The molecule has 2 N–H and O–H groups in total. The van der Waals surface area contributed by atoms with E-state index in [0.717, 1.165) is 18.9 Å². The van der Waals surface area contributed by atoms with Gasteiger partial charge in [0, 0.05) is 18.4 Å². The van der Waals surface area contributed by atoms with Crippen LogP contribution in [0.25, 0.3) is 0 Å². The Hall–Kier alpha value is -1.01. The van der Waals surface area contributed by atoms with E-state index in [1.54, 1.807) is 0 Å². The number of nitrogens with two attached hydrogens (primary N) is 1. The first-order chi connectivity index (χ1) is 9.75. The van der Waals surface area contributed by atoms with Crippen LogP contribution in [0.2, 0.25) is 0 Å². The Morgan fingerprint density at radius 1 is 1.24 bits per heavy atom. The number of hydrogen-bond donors (Lipinski definition) is 1. The van der Waals surface area contributed by atoms with Gasteiger partial charge in [0.1, 0.15) is 21.5 Å². The number of halogens is 2. The molecular weight excluding hydrogens is 296 g/mol. The molecule has 0 spiro atoms. The molecule has 1 fully saturated rings. The van der Waals surface area contributed by atoms with Crippen molar-refractivity contribution < 1.29 is 17.2 Å². The van der Waals surface area contributed by atoms with Crippen molar-refractivity contribution in [3.8, 4) is 0 Å². The van der Waals surface area contributed by atoms with E-state index in [2.05, 4.69) is 0 Å². The molecule has 3 nitrogen and oxygen atoms in total.